The Kier molecular flexibility index (Phi) is 4.60. The summed E-state index contributed by atoms with van der Waals surface area (Å²) in [6, 6.07) is 5.64. The largest absolute Gasteiger partial charge is 0.337 e. The molecule has 0 N–H and O–H groups in total. The third kappa shape index (κ3) is 3.21. The molecule has 23 heavy (non-hydrogen) atoms. The van der Waals surface area contributed by atoms with Crippen LogP contribution in [-0.4, -0.2) is 58.0 Å². The highest BCUT2D eigenvalue weighted by atomic mass is 35.5. The quantitative estimate of drug-likeness (QED) is 0.866. The van der Waals surface area contributed by atoms with Crippen molar-refractivity contribution < 1.29 is 4.79 Å². The van der Waals surface area contributed by atoms with E-state index in [2.05, 4.69) is 23.8 Å². The molecule has 0 unspecified atom stereocenters. The Labute approximate surface area is 141 Å². The molecule has 1 aliphatic heterocycles. The molecule has 3 rings (SSSR count). The summed E-state index contributed by atoms with van der Waals surface area (Å²) in [4.78, 5) is 17.1. The second-order valence-corrected chi connectivity index (χ2v) is 6.82. The van der Waals surface area contributed by atoms with Gasteiger partial charge in [0, 0.05) is 37.4 Å². The molecular formula is C17H23ClN4O. The Bertz CT molecular complexity index is 714. The van der Waals surface area contributed by atoms with Crippen molar-refractivity contribution >= 4 is 23.0 Å². The average Bonchev–Trinajstić information content (AvgIpc) is 2.96. The van der Waals surface area contributed by atoms with Crippen molar-refractivity contribution in [3.8, 4) is 0 Å². The number of aromatic nitrogens is 2. The van der Waals surface area contributed by atoms with Crippen LogP contribution in [0.15, 0.2) is 24.4 Å². The molecule has 124 valence electrons. The number of likely N-dealkylation sites (tertiary alicyclic amines) is 1. The zero-order valence-electron chi connectivity index (χ0n) is 13.9. The van der Waals surface area contributed by atoms with Crippen LogP contribution in [0.25, 0.3) is 5.52 Å². The lowest BCUT2D eigenvalue weighted by Crippen LogP contribution is -2.50. The van der Waals surface area contributed by atoms with Gasteiger partial charge >= 0.3 is 0 Å². The van der Waals surface area contributed by atoms with E-state index in [1.165, 1.54) is 0 Å². The number of rotatable bonds is 3. The van der Waals surface area contributed by atoms with Gasteiger partial charge in [-0.05, 0) is 37.1 Å². The number of amides is 1. The fourth-order valence-corrected chi connectivity index (χ4v) is 3.65. The monoisotopic (exact) mass is 334 g/mol. The average molecular weight is 335 g/mol. The van der Waals surface area contributed by atoms with Gasteiger partial charge in [0.25, 0.3) is 5.91 Å². The molecule has 0 radical (unpaired) electrons. The van der Waals surface area contributed by atoms with E-state index in [-0.39, 0.29) is 11.9 Å². The molecule has 3 heterocycles. The number of hydrogen-bond acceptors (Lipinski definition) is 3. The van der Waals surface area contributed by atoms with E-state index in [1.54, 1.807) is 22.8 Å². The molecule has 2 aromatic rings. The van der Waals surface area contributed by atoms with Crippen molar-refractivity contribution in [2.45, 2.75) is 26.3 Å². The summed E-state index contributed by atoms with van der Waals surface area (Å²) in [5.41, 5.74) is 1.31. The molecule has 5 nitrogen and oxygen atoms in total. The fraction of sp³-hybridized carbons (Fsp3) is 0.529. The molecule has 1 fully saturated rings. The molecule has 2 aromatic heterocycles. The molecule has 0 aliphatic carbocycles. The Hall–Kier alpha value is -1.59. The zero-order chi connectivity index (χ0) is 16.6. The second-order valence-electron chi connectivity index (χ2n) is 6.39. The van der Waals surface area contributed by atoms with Crippen LogP contribution in [0.1, 0.15) is 30.8 Å². The first-order valence-corrected chi connectivity index (χ1v) is 8.52. The fourth-order valence-electron chi connectivity index (χ4n) is 3.49. The predicted octanol–water partition coefficient (Wildman–Crippen LogP) is 2.79. The first kappa shape index (κ1) is 16.3. The summed E-state index contributed by atoms with van der Waals surface area (Å²) < 4.78 is 1.69. The van der Waals surface area contributed by atoms with Gasteiger partial charge < -0.3 is 9.80 Å². The SMILES string of the molecule is CCN1CC[C@H](N(C)C(=O)c2cc3cc(Cl)ccn3n2)[C@@H](C)C1. The summed E-state index contributed by atoms with van der Waals surface area (Å²) >= 11 is 6.00. The molecule has 0 aromatic carbocycles. The van der Waals surface area contributed by atoms with E-state index in [4.69, 9.17) is 11.6 Å². The van der Waals surface area contributed by atoms with Gasteiger partial charge in [-0.3, -0.25) is 4.79 Å². The maximum Gasteiger partial charge on any atom is 0.274 e. The van der Waals surface area contributed by atoms with Crippen LogP contribution in [0.5, 0.6) is 0 Å². The molecular weight excluding hydrogens is 312 g/mol. The van der Waals surface area contributed by atoms with Crippen LogP contribution in [0.4, 0.5) is 0 Å². The normalized spacial score (nSPS) is 22.4. The Morgan fingerprint density at radius 1 is 1.48 bits per heavy atom. The third-order valence-electron chi connectivity index (χ3n) is 4.85. The molecule has 1 aliphatic rings. The van der Waals surface area contributed by atoms with Gasteiger partial charge in [-0.1, -0.05) is 25.4 Å². The Morgan fingerprint density at radius 2 is 2.26 bits per heavy atom. The summed E-state index contributed by atoms with van der Waals surface area (Å²) in [6.07, 6.45) is 2.78. The number of carbonyl (C=O) groups is 1. The summed E-state index contributed by atoms with van der Waals surface area (Å²) in [7, 11) is 1.89. The number of halogens is 1. The van der Waals surface area contributed by atoms with Crippen molar-refractivity contribution in [2.24, 2.45) is 5.92 Å². The van der Waals surface area contributed by atoms with E-state index in [9.17, 15) is 4.79 Å². The van der Waals surface area contributed by atoms with Gasteiger partial charge in [0.1, 0.15) is 0 Å². The predicted molar refractivity (Wildman–Crippen MR) is 92.0 cm³/mol. The Balaban J connectivity index is 1.78. The van der Waals surface area contributed by atoms with Gasteiger partial charge in [-0.25, -0.2) is 4.52 Å². The van der Waals surface area contributed by atoms with Gasteiger partial charge in [0.15, 0.2) is 5.69 Å². The molecule has 0 spiro atoms. The van der Waals surface area contributed by atoms with Crippen molar-refractivity contribution in [3.63, 3.8) is 0 Å². The highest BCUT2D eigenvalue weighted by molar-refractivity contribution is 6.30. The summed E-state index contributed by atoms with van der Waals surface area (Å²) in [5.74, 6) is 0.441. The molecule has 2 atom stereocenters. The highest BCUT2D eigenvalue weighted by Crippen LogP contribution is 2.23. The lowest BCUT2D eigenvalue weighted by atomic mass is 9.92. The van der Waals surface area contributed by atoms with Gasteiger partial charge in [0.2, 0.25) is 0 Å². The van der Waals surface area contributed by atoms with Crippen LogP contribution in [0.2, 0.25) is 5.02 Å². The van der Waals surface area contributed by atoms with Crippen LogP contribution in [-0.2, 0) is 0 Å². The van der Waals surface area contributed by atoms with E-state index in [0.717, 1.165) is 31.6 Å². The molecule has 0 bridgehead atoms. The lowest BCUT2D eigenvalue weighted by Gasteiger charge is -2.40. The summed E-state index contributed by atoms with van der Waals surface area (Å²) in [5, 5.41) is 5.03. The first-order chi connectivity index (χ1) is 11.0. The van der Waals surface area contributed by atoms with Crippen molar-refractivity contribution in [2.75, 3.05) is 26.7 Å². The second kappa shape index (κ2) is 6.49. The highest BCUT2D eigenvalue weighted by Gasteiger charge is 2.31. The number of nitrogens with zero attached hydrogens (tertiary/aromatic N) is 4. The number of hydrogen-bond donors (Lipinski definition) is 0. The van der Waals surface area contributed by atoms with Crippen molar-refractivity contribution in [3.05, 3.63) is 35.1 Å². The topological polar surface area (TPSA) is 40.9 Å². The minimum Gasteiger partial charge on any atom is -0.337 e. The Morgan fingerprint density at radius 3 is 2.96 bits per heavy atom. The minimum atomic E-state index is -0.0216. The molecule has 6 heteroatoms. The molecule has 1 amide bonds. The van der Waals surface area contributed by atoms with E-state index >= 15 is 0 Å². The zero-order valence-corrected chi connectivity index (χ0v) is 14.6. The first-order valence-electron chi connectivity index (χ1n) is 8.14. The van der Waals surface area contributed by atoms with Crippen LogP contribution in [0, 0.1) is 5.92 Å². The molecule has 1 saturated heterocycles. The maximum absolute atomic E-state index is 12.8. The van der Waals surface area contributed by atoms with E-state index in [0.29, 0.717) is 16.6 Å². The number of carbonyl (C=O) groups excluding carboxylic acids is 1. The standard InChI is InChI=1S/C17H23ClN4O/c1-4-21-7-6-16(12(2)11-21)20(3)17(23)15-10-14-9-13(18)5-8-22(14)19-15/h5,8-10,12,16H,4,6-7,11H2,1-3H3/t12-,16-/m0/s1. The van der Waals surface area contributed by atoms with E-state index < -0.39 is 0 Å². The van der Waals surface area contributed by atoms with Gasteiger partial charge in [0.05, 0.1) is 5.52 Å². The maximum atomic E-state index is 12.8. The smallest absolute Gasteiger partial charge is 0.274 e. The van der Waals surface area contributed by atoms with Crippen LogP contribution < -0.4 is 0 Å². The van der Waals surface area contributed by atoms with Crippen LogP contribution in [0.3, 0.4) is 0 Å². The minimum absolute atomic E-state index is 0.0216. The lowest BCUT2D eigenvalue weighted by molar-refractivity contribution is 0.0515. The van der Waals surface area contributed by atoms with E-state index in [1.807, 2.05) is 18.0 Å². The van der Waals surface area contributed by atoms with Crippen LogP contribution >= 0.6 is 11.6 Å². The number of pyridine rings is 1. The third-order valence-corrected chi connectivity index (χ3v) is 5.09. The summed E-state index contributed by atoms with van der Waals surface area (Å²) in [6.45, 7) is 7.56. The van der Waals surface area contributed by atoms with Crippen molar-refractivity contribution in [1.82, 2.24) is 19.4 Å². The van der Waals surface area contributed by atoms with Gasteiger partial charge in [-0.15, -0.1) is 0 Å². The van der Waals surface area contributed by atoms with Crippen molar-refractivity contribution in [1.29, 1.82) is 0 Å². The molecule has 0 saturated carbocycles. The van der Waals surface area contributed by atoms with Gasteiger partial charge in [-0.2, -0.15) is 5.10 Å². The number of piperidine rings is 1. The number of fused-ring (bicyclic) bond motifs is 1.